The lowest BCUT2D eigenvalue weighted by atomic mass is 10.4. The highest BCUT2D eigenvalue weighted by Gasteiger charge is 2.20. The lowest BCUT2D eigenvalue weighted by molar-refractivity contribution is 0.679. The predicted octanol–water partition coefficient (Wildman–Crippen LogP) is 2.31. The minimum Gasteiger partial charge on any atom is -0.313 e. The van der Waals surface area contributed by atoms with Crippen molar-refractivity contribution in [3.63, 3.8) is 0 Å². The quantitative estimate of drug-likeness (QED) is 0.752. The molecule has 1 fully saturated rings. The highest BCUT2D eigenvalue weighted by atomic mass is 32.2. The molecule has 1 N–H and O–H groups in total. The largest absolute Gasteiger partial charge is 0.313 e. The molecule has 1 saturated carbocycles. The lowest BCUT2D eigenvalue weighted by Gasteiger charge is -2.11. The number of nitrogens with zero attached hydrogens (tertiary/aromatic N) is 1. The van der Waals surface area contributed by atoms with Gasteiger partial charge in [-0.15, -0.1) is 11.8 Å². The van der Waals surface area contributed by atoms with Crippen molar-refractivity contribution < 1.29 is 0 Å². The molecule has 3 heteroatoms. The fraction of sp³-hybridized carbons (Fsp3) is 0.545. The Kier molecular flexibility index (Phi) is 3.43. The molecule has 0 aromatic carbocycles. The summed E-state index contributed by atoms with van der Waals surface area (Å²) < 4.78 is 0. The molecule has 0 radical (unpaired) electrons. The van der Waals surface area contributed by atoms with Crippen LogP contribution in [0, 0.1) is 0 Å². The molecule has 2 nitrogen and oxygen atoms in total. The van der Waals surface area contributed by atoms with Gasteiger partial charge in [-0.3, -0.25) is 4.98 Å². The highest BCUT2D eigenvalue weighted by Crippen LogP contribution is 2.23. The summed E-state index contributed by atoms with van der Waals surface area (Å²) in [6.07, 6.45) is 6.44. The molecule has 76 valence electrons. The maximum Gasteiger partial charge on any atom is 0.0278 e. The van der Waals surface area contributed by atoms with Gasteiger partial charge in [-0.1, -0.05) is 6.92 Å². The smallest absolute Gasteiger partial charge is 0.0278 e. The Bertz CT molecular complexity index is 272. The summed E-state index contributed by atoms with van der Waals surface area (Å²) in [5.74, 6) is 0. The average molecular weight is 208 g/mol. The van der Waals surface area contributed by atoms with Crippen LogP contribution >= 0.6 is 11.8 Å². The van der Waals surface area contributed by atoms with Gasteiger partial charge in [0.15, 0.2) is 0 Å². The second-order valence-electron chi connectivity index (χ2n) is 3.79. The number of hydrogen-bond donors (Lipinski definition) is 1. The van der Waals surface area contributed by atoms with Crippen molar-refractivity contribution in [2.24, 2.45) is 0 Å². The van der Waals surface area contributed by atoms with Crippen molar-refractivity contribution >= 4 is 11.8 Å². The van der Waals surface area contributed by atoms with Crippen molar-refractivity contribution in [3.8, 4) is 0 Å². The molecular formula is C11H16N2S. The van der Waals surface area contributed by atoms with E-state index in [-0.39, 0.29) is 0 Å². The van der Waals surface area contributed by atoms with E-state index in [1.165, 1.54) is 17.7 Å². The van der Waals surface area contributed by atoms with Crippen LogP contribution in [0.25, 0.3) is 0 Å². The Morgan fingerprint density at radius 2 is 2.21 bits per heavy atom. The second-order valence-corrected chi connectivity index (χ2v) is 5.31. The predicted molar refractivity (Wildman–Crippen MR) is 60.6 cm³/mol. The van der Waals surface area contributed by atoms with Crippen LogP contribution in [0.3, 0.4) is 0 Å². The molecule has 2 rings (SSSR count). The summed E-state index contributed by atoms with van der Waals surface area (Å²) in [5.41, 5.74) is 0. The Balaban J connectivity index is 1.73. The van der Waals surface area contributed by atoms with Crippen molar-refractivity contribution in [1.82, 2.24) is 10.3 Å². The van der Waals surface area contributed by atoms with Gasteiger partial charge in [-0.05, 0) is 25.0 Å². The van der Waals surface area contributed by atoms with Crippen LogP contribution in [-0.4, -0.2) is 22.8 Å². The van der Waals surface area contributed by atoms with Crippen molar-refractivity contribution in [2.45, 2.75) is 36.0 Å². The summed E-state index contributed by atoms with van der Waals surface area (Å²) >= 11 is 1.91. The summed E-state index contributed by atoms with van der Waals surface area (Å²) in [5, 5.41) is 4.18. The maximum absolute atomic E-state index is 4.01. The van der Waals surface area contributed by atoms with Gasteiger partial charge in [0, 0.05) is 35.1 Å². The first-order valence-corrected chi connectivity index (χ1v) is 6.02. The van der Waals surface area contributed by atoms with Gasteiger partial charge in [-0.2, -0.15) is 0 Å². The summed E-state index contributed by atoms with van der Waals surface area (Å²) in [6, 6.07) is 4.95. The van der Waals surface area contributed by atoms with E-state index in [2.05, 4.69) is 29.4 Å². The molecule has 0 amide bonds. The van der Waals surface area contributed by atoms with Gasteiger partial charge in [0.05, 0.1) is 0 Å². The lowest BCUT2D eigenvalue weighted by Crippen LogP contribution is -2.24. The third-order valence-electron chi connectivity index (χ3n) is 2.26. The third-order valence-corrected chi connectivity index (χ3v) is 3.37. The first kappa shape index (κ1) is 9.99. The zero-order valence-corrected chi connectivity index (χ0v) is 9.26. The topological polar surface area (TPSA) is 24.9 Å². The molecule has 0 aliphatic heterocycles. The molecule has 1 aromatic heterocycles. The Morgan fingerprint density at radius 1 is 1.50 bits per heavy atom. The second kappa shape index (κ2) is 4.80. The van der Waals surface area contributed by atoms with Crippen molar-refractivity contribution in [1.29, 1.82) is 0 Å². The van der Waals surface area contributed by atoms with Crippen LogP contribution in [0.1, 0.15) is 19.8 Å². The highest BCUT2D eigenvalue weighted by molar-refractivity contribution is 8.00. The molecule has 14 heavy (non-hydrogen) atoms. The van der Waals surface area contributed by atoms with Crippen LogP contribution in [0.5, 0.6) is 0 Å². The van der Waals surface area contributed by atoms with Crippen molar-refractivity contribution in [3.05, 3.63) is 24.5 Å². The van der Waals surface area contributed by atoms with E-state index in [1.54, 1.807) is 0 Å². The van der Waals surface area contributed by atoms with Gasteiger partial charge in [0.2, 0.25) is 0 Å². The van der Waals surface area contributed by atoms with Crippen LogP contribution in [0.4, 0.5) is 0 Å². The molecule has 1 aliphatic rings. The van der Waals surface area contributed by atoms with Crippen LogP contribution in [0.2, 0.25) is 0 Å². The minimum atomic E-state index is 0.637. The maximum atomic E-state index is 4.01. The zero-order valence-electron chi connectivity index (χ0n) is 8.44. The number of hydrogen-bond acceptors (Lipinski definition) is 3. The number of pyridine rings is 1. The van der Waals surface area contributed by atoms with E-state index < -0.39 is 0 Å². The van der Waals surface area contributed by atoms with E-state index in [9.17, 15) is 0 Å². The molecule has 1 heterocycles. The van der Waals surface area contributed by atoms with E-state index in [4.69, 9.17) is 0 Å². The Labute approximate surface area is 89.5 Å². The molecule has 1 unspecified atom stereocenters. The van der Waals surface area contributed by atoms with Crippen molar-refractivity contribution in [2.75, 3.05) is 6.54 Å². The van der Waals surface area contributed by atoms with Crippen LogP contribution in [-0.2, 0) is 0 Å². The summed E-state index contributed by atoms with van der Waals surface area (Å²) in [6.45, 7) is 3.37. The number of nitrogens with one attached hydrogen (secondary N) is 1. The molecular weight excluding hydrogens is 192 g/mol. The third kappa shape index (κ3) is 3.31. The fourth-order valence-corrected chi connectivity index (χ4v) is 2.23. The number of rotatable bonds is 5. The van der Waals surface area contributed by atoms with E-state index in [0.29, 0.717) is 5.25 Å². The van der Waals surface area contributed by atoms with E-state index in [1.807, 2.05) is 24.2 Å². The average Bonchev–Trinajstić information content (AvgIpc) is 3.00. The first-order chi connectivity index (χ1) is 6.84. The standard InChI is InChI=1S/C11H16N2S/c1-9(8-13-10-2-3-10)14-11-4-6-12-7-5-11/h4-7,9-10,13H,2-3,8H2,1H3. The SMILES string of the molecule is CC(CNC1CC1)Sc1ccncc1. The van der Waals surface area contributed by atoms with E-state index >= 15 is 0 Å². The van der Waals surface area contributed by atoms with Crippen LogP contribution in [0.15, 0.2) is 29.4 Å². The van der Waals surface area contributed by atoms with Gasteiger partial charge in [0.1, 0.15) is 0 Å². The molecule has 1 atom stereocenters. The monoisotopic (exact) mass is 208 g/mol. The molecule has 0 bridgehead atoms. The Morgan fingerprint density at radius 3 is 2.86 bits per heavy atom. The minimum absolute atomic E-state index is 0.637. The fourth-order valence-electron chi connectivity index (χ4n) is 1.31. The van der Waals surface area contributed by atoms with E-state index in [0.717, 1.165) is 12.6 Å². The molecule has 1 aliphatic carbocycles. The zero-order chi connectivity index (χ0) is 9.80. The molecule has 0 saturated heterocycles. The number of thioether (sulfide) groups is 1. The molecule has 0 spiro atoms. The first-order valence-electron chi connectivity index (χ1n) is 5.14. The normalized spacial score (nSPS) is 18.1. The summed E-state index contributed by atoms with van der Waals surface area (Å²) in [7, 11) is 0. The van der Waals surface area contributed by atoms with Gasteiger partial charge in [-0.25, -0.2) is 0 Å². The molecule has 1 aromatic rings. The van der Waals surface area contributed by atoms with Gasteiger partial charge < -0.3 is 5.32 Å². The Hall–Kier alpha value is -0.540. The van der Waals surface area contributed by atoms with Gasteiger partial charge in [0.25, 0.3) is 0 Å². The van der Waals surface area contributed by atoms with Gasteiger partial charge >= 0.3 is 0 Å². The number of aromatic nitrogens is 1. The summed E-state index contributed by atoms with van der Waals surface area (Å²) in [4.78, 5) is 5.32. The van der Waals surface area contributed by atoms with Crippen LogP contribution < -0.4 is 5.32 Å².